The maximum absolute atomic E-state index is 15.1. The predicted octanol–water partition coefficient (Wildman–Crippen LogP) is 13.9. The molecule has 4 amide bonds. The summed E-state index contributed by atoms with van der Waals surface area (Å²) < 4.78 is 123. The molecule has 4 N–H and O–H groups in total. The smallest absolute Gasteiger partial charge is 0.379 e. The molecule has 684 valence electrons. The highest BCUT2D eigenvalue weighted by molar-refractivity contribution is 5.79. The Balaban J connectivity index is 0.000000121. The maximum atomic E-state index is 15.1. The Bertz CT molecular complexity index is 5810. The first-order valence-corrected chi connectivity index (χ1v) is 43.8. The molecule has 0 spiro atoms. The van der Waals surface area contributed by atoms with Crippen molar-refractivity contribution in [3.63, 3.8) is 0 Å². The Hall–Kier alpha value is -12.9. The second kappa shape index (κ2) is 37.3. The third-order valence-corrected chi connectivity index (χ3v) is 26.0. The first kappa shape index (κ1) is 89.1. The van der Waals surface area contributed by atoms with Crippen molar-refractivity contribution < 1.29 is 64.5 Å². The van der Waals surface area contributed by atoms with Gasteiger partial charge in [0, 0.05) is 230 Å². The minimum atomic E-state index is -4.51. The number of nitrogens with zero attached hydrogens (tertiary/aromatic N) is 20. The van der Waals surface area contributed by atoms with Gasteiger partial charge in [0.1, 0.15) is 17.5 Å². The summed E-state index contributed by atoms with van der Waals surface area (Å²) in [6.07, 6.45) is 10.2. The Kier molecular flexibility index (Phi) is 25.5. The Morgan fingerprint density at radius 2 is 0.692 bits per heavy atom. The van der Waals surface area contributed by atoms with Crippen molar-refractivity contribution in [1.29, 1.82) is 0 Å². The second-order valence-corrected chi connectivity index (χ2v) is 34.3. The Labute approximate surface area is 746 Å². The zero-order chi connectivity index (χ0) is 91.2. The van der Waals surface area contributed by atoms with E-state index in [4.69, 9.17) is 39.3 Å². The van der Waals surface area contributed by atoms with Gasteiger partial charge >= 0.3 is 6.18 Å². The van der Waals surface area contributed by atoms with E-state index in [0.29, 0.717) is 163 Å². The largest absolute Gasteiger partial charge is 0.416 e. The molecule has 4 aromatic carbocycles. The average molecular weight is 1790 g/mol. The van der Waals surface area contributed by atoms with Crippen LogP contribution in [-0.4, -0.2) is 201 Å². The molecule has 0 saturated carbocycles. The molecular weight excluding hydrogens is 1680 g/mol. The molecule has 0 aliphatic carbocycles. The molecule has 4 saturated heterocycles. The number of rotatable bonds is 16. The fraction of sp³-hybridized carbons (Fsp3) is 0.435. The summed E-state index contributed by atoms with van der Waals surface area (Å²) in [5.41, 5.74) is 17.5. The predicted molar refractivity (Wildman–Crippen MR) is 473 cm³/mol. The standard InChI is InChI=1S/C23H25F3N6O2.3C23H27FN6O2/c1-14(33)31-5-3-21-20(12-31)22(29-32(21)19-4-6-34-13-19)28-18-8-15(16-10-27-30(2)11-16)7-17(9-18)23(24,25)26;3*1-14-18(11-25-28(14)3)16-4-5-21(20(24)10-16)26-23-19-12-29(15(2)31)8-6-22(19)30(27-23)17-7-9-32-13-17/h7-11,19H,3-6,12-13H2,1-2H3,(H,28,29);3*4-5,10-11,17H,6-9,12-13H2,1-3H3,(H,26,27)/t;2*17-;/m.10./s1. The molecule has 130 heavy (non-hydrogen) atoms. The fourth-order valence-corrected chi connectivity index (χ4v) is 18.1. The average Bonchev–Trinajstić information content (AvgIpc) is 1.63. The molecule has 4 fully saturated rings. The summed E-state index contributed by atoms with van der Waals surface area (Å²) in [5.74, 6) is 1.21. The fourth-order valence-electron chi connectivity index (χ4n) is 18.1. The van der Waals surface area contributed by atoms with Gasteiger partial charge in [-0.3, -0.25) is 56.6 Å². The SMILES string of the molecule is CC(=O)N1CCc2c(c(Nc3cc(-c4cnn(C)c4)cc(C(F)(F)F)c3)nn2C2CCOC2)C1.CC(=O)N1CCc2c(c(Nc3ccc(-c4cnn(C)c4C)cc3F)nn2C2CCOC2)C1.CC(=O)N1CCc2c(c(Nc3ccc(-c4cnn(C)c4C)cc3F)nn2[C@@H]2CCOC2)C1.CC(=O)N1CCc2c(c(Nc3ccc(-c4cnn(C)c4C)cc3F)nn2[C@H]2CCOC2)C1. The number of benzene rings is 4. The lowest BCUT2D eigenvalue weighted by Crippen LogP contribution is -2.35. The Morgan fingerprint density at radius 3 is 0.938 bits per heavy atom. The van der Waals surface area contributed by atoms with Crippen LogP contribution in [0.3, 0.4) is 0 Å². The molecule has 12 aromatic rings. The maximum Gasteiger partial charge on any atom is 0.416 e. The molecule has 0 bridgehead atoms. The van der Waals surface area contributed by atoms with Crippen molar-refractivity contribution in [3.8, 4) is 44.5 Å². The monoisotopic (exact) mass is 1790 g/mol. The van der Waals surface area contributed by atoms with Crippen LogP contribution in [0.4, 0.5) is 72.4 Å². The van der Waals surface area contributed by atoms with Crippen molar-refractivity contribution in [2.24, 2.45) is 28.2 Å². The third-order valence-electron chi connectivity index (χ3n) is 26.0. The van der Waals surface area contributed by atoms with Crippen molar-refractivity contribution in [2.45, 2.75) is 156 Å². The van der Waals surface area contributed by atoms with Gasteiger partial charge in [-0.2, -0.15) is 54.0 Å². The number of alkyl halides is 3. The van der Waals surface area contributed by atoms with E-state index in [0.717, 1.165) is 153 Å². The molecule has 16 heterocycles. The molecule has 32 nitrogen and oxygen atoms in total. The van der Waals surface area contributed by atoms with E-state index in [9.17, 15) is 32.3 Å². The minimum absolute atomic E-state index is 0.0286. The summed E-state index contributed by atoms with van der Waals surface area (Å²) in [6.45, 7) is 21.6. The van der Waals surface area contributed by atoms with Crippen LogP contribution in [0.2, 0.25) is 0 Å². The highest BCUT2D eigenvalue weighted by atomic mass is 19.4. The van der Waals surface area contributed by atoms with Crippen LogP contribution in [0, 0.1) is 38.2 Å². The van der Waals surface area contributed by atoms with E-state index >= 15 is 13.2 Å². The van der Waals surface area contributed by atoms with E-state index in [1.54, 1.807) is 115 Å². The van der Waals surface area contributed by atoms with Gasteiger partial charge < -0.3 is 59.8 Å². The number of fused-ring (bicyclic) bond motifs is 4. The van der Waals surface area contributed by atoms with Crippen LogP contribution in [0.25, 0.3) is 44.5 Å². The van der Waals surface area contributed by atoms with E-state index in [1.165, 1.54) is 31.3 Å². The molecule has 20 rings (SSSR count). The van der Waals surface area contributed by atoms with Crippen LogP contribution in [-0.2, 0) is 124 Å². The molecular formula is C92H106F6N24O8. The summed E-state index contributed by atoms with van der Waals surface area (Å²) in [6, 6.07) is 19.8. The van der Waals surface area contributed by atoms with Gasteiger partial charge in [-0.25, -0.2) is 13.2 Å². The van der Waals surface area contributed by atoms with Gasteiger partial charge in [-0.05, 0) is 123 Å². The highest BCUT2D eigenvalue weighted by Crippen LogP contribution is 2.43. The first-order valence-electron chi connectivity index (χ1n) is 43.8. The van der Waals surface area contributed by atoms with Gasteiger partial charge in [-0.1, -0.05) is 18.2 Å². The summed E-state index contributed by atoms with van der Waals surface area (Å²) >= 11 is 0. The second-order valence-electron chi connectivity index (χ2n) is 34.3. The number of nitrogens with one attached hydrogen (secondary N) is 4. The summed E-state index contributed by atoms with van der Waals surface area (Å²) in [5, 5.41) is 48.7. The number of aromatic nitrogens is 16. The topological polar surface area (TPSA) is 309 Å². The number of hydrogen-bond acceptors (Lipinski definition) is 20. The van der Waals surface area contributed by atoms with Gasteiger partial charge in [0.2, 0.25) is 23.6 Å². The van der Waals surface area contributed by atoms with Crippen LogP contribution in [0.5, 0.6) is 0 Å². The lowest BCUT2D eigenvalue weighted by Gasteiger charge is -2.27. The normalized spacial score (nSPS) is 18.2. The molecule has 4 atom stereocenters. The molecule has 8 aromatic heterocycles. The number of carbonyl (C=O) groups excluding carboxylic acids is 4. The lowest BCUT2D eigenvalue weighted by molar-refractivity contribution is -0.137. The highest BCUT2D eigenvalue weighted by Gasteiger charge is 2.38. The van der Waals surface area contributed by atoms with Gasteiger partial charge in [-0.15, -0.1) is 0 Å². The van der Waals surface area contributed by atoms with Crippen molar-refractivity contribution >= 4 is 69.6 Å². The van der Waals surface area contributed by atoms with Gasteiger partial charge in [0.15, 0.2) is 23.3 Å². The number of carbonyl (C=O) groups is 4. The zero-order valence-electron chi connectivity index (χ0n) is 74.6. The lowest BCUT2D eigenvalue weighted by atomic mass is 10.0. The Morgan fingerprint density at radius 1 is 0.385 bits per heavy atom. The molecule has 2 unspecified atom stereocenters. The van der Waals surface area contributed by atoms with Crippen LogP contribution in [0.1, 0.15) is 145 Å². The van der Waals surface area contributed by atoms with Crippen molar-refractivity contribution in [1.82, 2.24) is 97.8 Å². The third kappa shape index (κ3) is 18.6. The molecule has 38 heteroatoms. The first-order chi connectivity index (χ1) is 62.4. The number of halogens is 6. The number of amides is 4. The molecule has 0 radical (unpaired) electrons. The zero-order valence-corrected chi connectivity index (χ0v) is 74.6. The number of hydrogen-bond donors (Lipinski definition) is 4. The van der Waals surface area contributed by atoms with Crippen molar-refractivity contribution in [3.05, 3.63) is 189 Å². The number of ether oxygens (including phenoxy) is 4. The minimum Gasteiger partial charge on any atom is -0.379 e. The number of anilines is 8. The van der Waals surface area contributed by atoms with Crippen molar-refractivity contribution in [2.75, 3.05) is 100 Å². The number of aryl methyl sites for hydroxylation is 4. The van der Waals surface area contributed by atoms with Gasteiger partial charge in [0.25, 0.3) is 0 Å². The quantitative estimate of drug-likeness (QED) is 0.0653. The van der Waals surface area contributed by atoms with Crippen LogP contribution in [0.15, 0.2) is 104 Å². The summed E-state index contributed by atoms with van der Waals surface area (Å²) in [7, 11) is 7.31. The van der Waals surface area contributed by atoms with E-state index < -0.39 is 11.7 Å². The summed E-state index contributed by atoms with van der Waals surface area (Å²) in [4.78, 5) is 55.1. The van der Waals surface area contributed by atoms with E-state index in [1.807, 2.05) is 78.8 Å². The van der Waals surface area contributed by atoms with E-state index in [-0.39, 0.29) is 70.9 Å². The van der Waals surface area contributed by atoms with Gasteiger partial charge in [0.05, 0.1) is 124 Å². The molecule has 8 aliphatic rings. The van der Waals surface area contributed by atoms with Crippen LogP contribution < -0.4 is 21.3 Å². The van der Waals surface area contributed by atoms with Crippen LogP contribution >= 0.6 is 0 Å². The molecule has 8 aliphatic heterocycles. The van der Waals surface area contributed by atoms with E-state index in [2.05, 4.69) is 41.7 Å².